The van der Waals surface area contributed by atoms with Gasteiger partial charge in [-0.3, -0.25) is 9.59 Å². The Balaban J connectivity index is 1.66. The first-order valence-electron chi connectivity index (χ1n) is 10.2. The fourth-order valence-electron chi connectivity index (χ4n) is 3.15. The summed E-state index contributed by atoms with van der Waals surface area (Å²) in [6, 6.07) is 14.1. The summed E-state index contributed by atoms with van der Waals surface area (Å²) < 4.78 is 1.82. The van der Waals surface area contributed by atoms with Gasteiger partial charge in [-0.1, -0.05) is 55.4 Å². The molecule has 2 amide bonds. The third kappa shape index (κ3) is 5.89. The largest absolute Gasteiger partial charge is 0.342 e. The number of rotatable bonds is 8. The number of aryl methyl sites for hydroxylation is 1. The van der Waals surface area contributed by atoms with Crippen LogP contribution < -0.4 is 10.6 Å². The van der Waals surface area contributed by atoms with Gasteiger partial charge < -0.3 is 15.2 Å². The first-order chi connectivity index (χ1) is 15.3. The van der Waals surface area contributed by atoms with Crippen LogP contribution in [-0.4, -0.2) is 32.3 Å². The van der Waals surface area contributed by atoms with Crippen LogP contribution in [0.3, 0.4) is 0 Å². The third-order valence-corrected chi connectivity index (χ3v) is 6.19. The number of carbonyl (C=O) groups excluding carboxylic acids is 2. The van der Waals surface area contributed by atoms with Gasteiger partial charge in [0.25, 0.3) is 5.91 Å². The molecule has 1 heterocycles. The molecule has 0 saturated carbocycles. The maximum absolute atomic E-state index is 12.7. The minimum absolute atomic E-state index is 0.0968. The van der Waals surface area contributed by atoms with E-state index in [2.05, 4.69) is 20.8 Å². The zero-order valence-electron chi connectivity index (χ0n) is 18.4. The normalized spacial score (nSPS) is 11.9. The molecule has 0 aliphatic heterocycles. The van der Waals surface area contributed by atoms with E-state index in [0.717, 1.165) is 11.3 Å². The van der Waals surface area contributed by atoms with E-state index in [9.17, 15) is 9.59 Å². The fourth-order valence-corrected chi connectivity index (χ4v) is 4.09. The number of nitrogens with zero attached hydrogens (tertiary/aromatic N) is 3. The average molecular weight is 472 g/mol. The Morgan fingerprint density at radius 2 is 1.84 bits per heavy atom. The molecule has 0 saturated heterocycles. The quantitative estimate of drug-likeness (QED) is 0.467. The van der Waals surface area contributed by atoms with E-state index in [0.29, 0.717) is 21.6 Å². The van der Waals surface area contributed by atoms with Gasteiger partial charge in [0.1, 0.15) is 0 Å². The highest BCUT2D eigenvalue weighted by atomic mass is 35.5. The van der Waals surface area contributed by atoms with Crippen molar-refractivity contribution in [3.8, 4) is 0 Å². The number of nitrogens with one attached hydrogen (secondary N) is 2. The van der Waals surface area contributed by atoms with Gasteiger partial charge in [-0.15, -0.1) is 10.2 Å². The molecular formula is C23H26ClN5O2S. The summed E-state index contributed by atoms with van der Waals surface area (Å²) >= 11 is 7.25. The third-order valence-electron chi connectivity index (χ3n) is 4.93. The first-order valence-corrected chi connectivity index (χ1v) is 11.6. The van der Waals surface area contributed by atoms with Crippen molar-refractivity contribution in [1.29, 1.82) is 0 Å². The predicted molar refractivity (Wildman–Crippen MR) is 128 cm³/mol. The molecule has 3 rings (SSSR count). The van der Waals surface area contributed by atoms with Crippen molar-refractivity contribution >= 4 is 40.9 Å². The highest BCUT2D eigenvalue weighted by Crippen LogP contribution is 2.25. The Labute approximate surface area is 197 Å². The summed E-state index contributed by atoms with van der Waals surface area (Å²) in [6.45, 7) is 5.91. The van der Waals surface area contributed by atoms with Crippen molar-refractivity contribution in [3.63, 3.8) is 0 Å². The zero-order chi connectivity index (χ0) is 23.3. The molecule has 7 nitrogen and oxygen atoms in total. The standard InChI is InChI=1S/C23H26ClN5O2S/c1-14(2)20(26-22(31)16-8-6-5-7-9-16)21-27-28-23(29(21)4)32-13-19(30)25-18-11-10-17(24)12-15(18)3/h5-12,14,20H,13H2,1-4H3,(H,25,30)(H,26,31)/t20-/m1/s1. The maximum Gasteiger partial charge on any atom is 0.251 e. The molecular weight excluding hydrogens is 446 g/mol. The molecule has 0 spiro atoms. The molecule has 0 bridgehead atoms. The predicted octanol–water partition coefficient (Wildman–Crippen LogP) is 4.63. The lowest BCUT2D eigenvalue weighted by atomic mass is 10.0. The van der Waals surface area contributed by atoms with Gasteiger partial charge in [-0.2, -0.15) is 0 Å². The van der Waals surface area contributed by atoms with Crippen LogP contribution >= 0.6 is 23.4 Å². The Morgan fingerprint density at radius 1 is 1.12 bits per heavy atom. The number of anilines is 1. The van der Waals surface area contributed by atoms with Crippen molar-refractivity contribution in [2.75, 3.05) is 11.1 Å². The van der Waals surface area contributed by atoms with Crippen molar-refractivity contribution < 1.29 is 9.59 Å². The van der Waals surface area contributed by atoms with Crippen LogP contribution in [0.2, 0.25) is 5.02 Å². The van der Waals surface area contributed by atoms with Crippen LogP contribution in [-0.2, 0) is 11.8 Å². The van der Waals surface area contributed by atoms with Crippen LogP contribution in [0.15, 0.2) is 53.7 Å². The smallest absolute Gasteiger partial charge is 0.251 e. The molecule has 1 aromatic heterocycles. The van der Waals surface area contributed by atoms with Gasteiger partial charge in [-0.25, -0.2) is 0 Å². The van der Waals surface area contributed by atoms with Crippen molar-refractivity contribution in [2.45, 2.75) is 32.0 Å². The zero-order valence-corrected chi connectivity index (χ0v) is 20.0. The number of hydrogen-bond acceptors (Lipinski definition) is 5. The van der Waals surface area contributed by atoms with E-state index < -0.39 is 0 Å². The number of aromatic nitrogens is 3. The Hall–Kier alpha value is -2.84. The topological polar surface area (TPSA) is 88.9 Å². The first kappa shape index (κ1) is 23.8. The van der Waals surface area contributed by atoms with E-state index in [1.165, 1.54) is 11.8 Å². The van der Waals surface area contributed by atoms with E-state index >= 15 is 0 Å². The molecule has 0 aliphatic carbocycles. The van der Waals surface area contributed by atoms with Gasteiger partial charge >= 0.3 is 0 Å². The minimum Gasteiger partial charge on any atom is -0.342 e. The van der Waals surface area contributed by atoms with Crippen LogP contribution in [0.1, 0.15) is 41.6 Å². The second-order valence-corrected chi connectivity index (χ2v) is 9.14. The minimum atomic E-state index is -0.319. The van der Waals surface area contributed by atoms with E-state index in [1.54, 1.807) is 30.3 Å². The molecule has 168 valence electrons. The molecule has 1 atom stereocenters. The summed E-state index contributed by atoms with van der Waals surface area (Å²) in [5.74, 6) is 0.596. The van der Waals surface area contributed by atoms with Gasteiger partial charge in [0.2, 0.25) is 5.91 Å². The molecule has 2 aromatic carbocycles. The molecule has 0 fully saturated rings. The lowest BCUT2D eigenvalue weighted by molar-refractivity contribution is -0.113. The van der Waals surface area contributed by atoms with E-state index in [1.807, 2.05) is 50.6 Å². The SMILES string of the molecule is Cc1cc(Cl)ccc1NC(=O)CSc1nnc([C@H](NC(=O)c2ccccc2)C(C)C)n1C. The molecule has 0 aliphatic rings. The molecule has 32 heavy (non-hydrogen) atoms. The lowest BCUT2D eigenvalue weighted by Crippen LogP contribution is -2.33. The average Bonchev–Trinajstić information content (AvgIpc) is 3.12. The van der Waals surface area contributed by atoms with Crippen LogP contribution in [0.25, 0.3) is 0 Å². The monoisotopic (exact) mass is 471 g/mol. The summed E-state index contributed by atoms with van der Waals surface area (Å²) in [6.07, 6.45) is 0. The van der Waals surface area contributed by atoms with Crippen molar-refractivity contribution in [2.24, 2.45) is 13.0 Å². The Kier molecular flexibility index (Phi) is 7.93. The summed E-state index contributed by atoms with van der Waals surface area (Å²) in [7, 11) is 1.84. The second kappa shape index (κ2) is 10.7. The molecule has 2 N–H and O–H groups in total. The van der Waals surface area contributed by atoms with E-state index in [-0.39, 0.29) is 29.5 Å². The van der Waals surface area contributed by atoms with Gasteiger partial charge in [0.15, 0.2) is 11.0 Å². The van der Waals surface area contributed by atoms with Crippen molar-refractivity contribution in [1.82, 2.24) is 20.1 Å². The van der Waals surface area contributed by atoms with Crippen molar-refractivity contribution in [3.05, 3.63) is 70.5 Å². The summed E-state index contributed by atoms with van der Waals surface area (Å²) in [5.41, 5.74) is 2.21. The highest BCUT2D eigenvalue weighted by molar-refractivity contribution is 7.99. The number of thioether (sulfide) groups is 1. The fraction of sp³-hybridized carbons (Fsp3) is 0.304. The summed E-state index contributed by atoms with van der Waals surface area (Å²) in [4.78, 5) is 25.1. The van der Waals surface area contributed by atoms with Gasteiger partial charge in [0.05, 0.1) is 11.8 Å². The number of amides is 2. The number of hydrogen-bond donors (Lipinski definition) is 2. The molecule has 0 unspecified atom stereocenters. The summed E-state index contributed by atoms with van der Waals surface area (Å²) in [5, 5.41) is 15.7. The highest BCUT2D eigenvalue weighted by Gasteiger charge is 2.25. The van der Waals surface area contributed by atoms with Gasteiger partial charge in [-0.05, 0) is 48.7 Å². The van der Waals surface area contributed by atoms with Crippen LogP contribution in [0.4, 0.5) is 5.69 Å². The van der Waals surface area contributed by atoms with E-state index in [4.69, 9.17) is 11.6 Å². The lowest BCUT2D eigenvalue weighted by Gasteiger charge is -2.21. The molecule has 3 aromatic rings. The Morgan fingerprint density at radius 3 is 2.50 bits per heavy atom. The maximum atomic E-state index is 12.7. The second-order valence-electron chi connectivity index (χ2n) is 7.76. The number of halogens is 1. The van der Waals surface area contributed by atoms with Gasteiger partial charge in [0, 0.05) is 23.3 Å². The van der Waals surface area contributed by atoms with Crippen LogP contribution in [0.5, 0.6) is 0 Å². The molecule has 0 radical (unpaired) electrons. The number of carbonyl (C=O) groups is 2. The van der Waals surface area contributed by atoms with Crippen LogP contribution in [0, 0.1) is 12.8 Å². The molecule has 9 heteroatoms. The number of benzene rings is 2. The Bertz CT molecular complexity index is 1100.